The van der Waals surface area contributed by atoms with Crippen LogP contribution in [0.3, 0.4) is 0 Å². The van der Waals surface area contributed by atoms with Crippen molar-refractivity contribution in [2.24, 2.45) is 0 Å². The zero-order valence-corrected chi connectivity index (χ0v) is 19.5. The Bertz CT molecular complexity index is 717. The highest BCUT2D eigenvalue weighted by Gasteiger charge is 2.25. The number of benzene rings is 1. The van der Waals surface area contributed by atoms with Crippen molar-refractivity contribution in [3.63, 3.8) is 0 Å². The van der Waals surface area contributed by atoms with Crippen molar-refractivity contribution in [2.45, 2.75) is 90.8 Å². The van der Waals surface area contributed by atoms with Gasteiger partial charge in [0.2, 0.25) is 0 Å². The molecule has 5 heteroatoms. The van der Waals surface area contributed by atoms with E-state index in [2.05, 4.69) is 32.9 Å². The second kappa shape index (κ2) is 13.5. The van der Waals surface area contributed by atoms with Crippen LogP contribution < -0.4 is 0 Å². The molecule has 2 unspecified atom stereocenters. The molecule has 31 heavy (non-hydrogen) atoms. The normalized spacial score (nSPS) is 21.5. The van der Waals surface area contributed by atoms with E-state index in [4.69, 9.17) is 14.2 Å². The molecule has 0 saturated carbocycles. The van der Waals surface area contributed by atoms with Crippen LogP contribution in [0.5, 0.6) is 0 Å². The van der Waals surface area contributed by atoms with Gasteiger partial charge in [0.05, 0.1) is 19.8 Å². The Hall–Kier alpha value is -1.88. The van der Waals surface area contributed by atoms with E-state index in [1.165, 1.54) is 31.9 Å². The van der Waals surface area contributed by atoms with E-state index >= 15 is 0 Å². The number of unbranched alkanes of at least 4 members (excludes halogenated alkanes) is 1. The Morgan fingerprint density at radius 3 is 2.19 bits per heavy atom. The molecule has 1 fully saturated rings. The lowest BCUT2D eigenvalue weighted by atomic mass is 9.90. The maximum atomic E-state index is 14.0. The zero-order chi connectivity index (χ0) is 22.6. The molecule has 1 aliphatic heterocycles. The summed E-state index contributed by atoms with van der Waals surface area (Å²) in [6, 6.07) is 8.17. The van der Waals surface area contributed by atoms with E-state index in [9.17, 15) is 8.78 Å². The molecule has 1 saturated heterocycles. The van der Waals surface area contributed by atoms with Crippen molar-refractivity contribution in [2.75, 3.05) is 13.7 Å². The van der Waals surface area contributed by atoms with Crippen LogP contribution in [0.25, 0.3) is 0 Å². The van der Waals surface area contributed by atoms with Crippen molar-refractivity contribution in [3.05, 3.63) is 58.6 Å². The largest absolute Gasteiger partial charge is 0.498 e. The first-order chi connectivity index (χ1) is 15.0. The molecule has 0 aromatic heterocycles. The van der Waals surface area contributed by atoms with E-state index < -0.39 is 11.7 Å². The average molecular weight is 437 g/mol. The Balaban J connectivity index is 0.00000107. The molecule has 1 aromatic carbocycles. The van der Waals surface area contributed by atoms with Gasteiger partial charge in [-0.2, -0.15) is 8.78 Å². The number of rotatable bonds is 8. The van der Waals surface area contributed by atoms with Gasteiger partial charge in [-0.1, -0.05) is 64.3 Å². The Kier molecular flexibility index (Phi) is 11.1. The van der Waals surface area contributed by atoms with Gasteiger partial charge in [0.1, 0.15) is 18.1 Å². The first kappa shape index (κ1) is 25.4. The predicted molar refractivity (Wildman–Crippen MR) is 121 cm³/mol. The minimum absolute atomic E-state index is 0.0424. The molecular formula is C26H38F2O3. The zero-order valence-electron chi connectivity index (χ0n) is 19.5. The summed E-state index contributed by atoms with van der Waals surface area (Å²) >= 11 is 0. The van der Waals surface area contributed by atoms with Crippen molar-refractivity contribution in [3.8, 4) is 0 Å². The molecular weight excluding hydrogens is 398 g/mol. The molecule has 0 radical (unpaired) electrons. The topological polar surface area (TPSA) is 27.7 Å². The van der Waals surface area contributed by atoms with Crippen molar-refractivity contribution >= 4 is 0 Å². The van der Waals surface area contributed by atoms with Crippen LogP contribution in [-0.4, -0.2) is 19.8 Å². The first-order valence-electron chi connectivity index (χ1n) is 11.7. The molecule has 0 bridgehead atoms. The Labute approximate surface area is 186 Å². The summed E-state index contributed by atoms with van der Waals surface area (Å²) in [5, 5.41) is 0. The summed E-state index contributed by atoms with van der Waals surface area (Å²) in [6.07, 6.45) is 8.15. The molecule has 2 aliphatic rings. The monoisotopic (exact) mass is 436 g/mol. The molecule has 0 spiro atoms. The van der Waals surface area contributed by atoms with E-state index in [0.717, 1.165) is 31.4 Å². The summed E-state index contributed by atoms with van der Waals surface area (Å²) in [7, 11) is 1.35. The molecule has 1 aromatic rings. The fraction of sp³-hybridized carbons (Fsp3) is 0.615. The SMILES string of the molecule is CCC.CCCCC1CCC(c2ccc(COC3=C(F)C(F)=C(OC)CC3)cc2)CO1. The first-order valence-corrected chi connectivity index (χ1v) is 11.7. The van der Waals surface area contributed by atoms with Crippen LogP contribution in [0.4, 0.5) is 8.78 Å². The summed E-state index contributed by atoms with van der Waals surface area (Å²) in [6.45, 7) is 7.45. The van der Waals surface area contributed by atoms with E-state index in [0.29, 0.717) is 24.9 Å². The van der Waals surface area contributed by atoms with Crippen molar-refractivity contribution < 1.29 is 23.0 Å². The number of hydrogen-bond donors (Lipinski definition) is 0. The summed E-state index contributed by atoms with van der Waals surface area (Å²) in [4.78, 5) is 0. The van der Waals surface area contributed by atoms with Gasteiger partial charge in [-0.15, -0.1) is 0 Å². The fourth-order valence-corrected chi connectivity index (χ4v) is 3.80. The lowest BCUT2D eigenvalue weighted by molar-refractivity contribution is -0.00189. The highest BCUT2D eigenvalue weighted by molar-refractivity contribution is 5.30. The molecule has 0 N–H and O–H groups in total. The van der Waals surface area contributed by atoms with Crippen LogP contribution in [0.15, 0.2) is 47.4 Å². The molecule has 1 aliphatic carbocycles. The summed E-state index contributed by atoms with van der Waals surface area (Å²) in [5.41, 5.74) is 2.20. The number of ether oxygens (including phenoxy) is 3. The van der Waals surface area contributed by atoms with Gasteiger partial charge >= 0.3 is 0 Å². The Morgan fingerprint density at radius 2 is 1.61 bits per heavy atom. The van der Waals surface area contributed by atoms with Gasteiger partial charge in [0.15, 0.2) is 11.7 Å². The lowest BCUT2D eigenvalue weighted by Crippen LogP contribution is -2.24. The molecule has 3 nitrogen and oxygen atoms in total. The smallest absolute Gasteiger partial charge is 0.199 e. The van der Waals surface area contributed by atoms with Gasteiger partial charge < -0.3 is 14.2 Å². The van der Waals surface area contributed by atoms with E-state index in [-0.39, 0.29) is 18.1 Å². The van der Waals surface area contributed by atoms with E-state index in [1.807, 2.05) is 12.1 Å². The Morgan fingerprint density at radius 1 is 0.968 bits per heavy atom. The molecule has 1 heterocycles. The second-order valence-corrected chi connectivity index (χ2v) is 8.29. The lowest BCUT2D eigenvalue weighted by Gasteiger charge is -2.29. The van der Waals surface area contributed by atoms with Gasteiger partial charge in [-0.25, -0.2) is 0 Å². The van der Waals surface area contributed by atoms with Gasteiger partial charge in [0, 0.05) is 18.8 Å². The predicted octanol–water partition coefficient (Wildman–Crippen LogP) is 7.87. The minimum Gasteiger partial charge on any atom is -0.498 e. The van der Waals surface area contributed by atoms with Crippen LogP contribution in [0, 0.1) is 0 Å². The minimum atomic E-state index is -0.950. The quantitative estimate of drug-likeness (QED) is 0.415. The van der Waals surface area contributed by atoms with Crippen molar-refractivity contribution in [1.29, 1.82) is 0 Å². The number of halogens is 2. The molecule has 2 atom stereocenters. The maximum absolute atomic E-state index is 14.0. The molecule has 174 valence electrons. The third-order valence-corrected chi connectivity index (χ3v) is 5.62. The highest BCUT2D eigenvalue weighted by atomic mass is 19.2. The molecule has 0 amide bonds. The van der Waals surface area contributed by atoms with Crippen LogP contribution in [0.1, 0.15) is 89.2 Å². The van der Waals surface area contributed by atoms with Gasteiger partial charge in [-0.3, -0.25) is 0 Å². The third kappa shape index (κ3) is 7.64. The number of methoxy groups -OCH3 is 1. The van der Waals surface area contributed by atoms with Crippen LogP contribution in [-0.2, 0) is 20.8 Å². The van der Waals surface area contributed by atoms with Crippen molar-refractivity contribution in [1.82, 2.24) is 0 Å². The standard InChI is InChI=1S/C23H30F2O3.C3H8/c1-3-4-5-19-11-10-18(15-27-19)17-8-6-16(7-9-17)14-28-21-13-12-20(26-2)22(24)23(21)25;1-3-2/h6-9,18-19H,3-5,10-15H2,1-2H3;3H2,1-2H3. The van der Waals surface area contributed by atoms with E-state index in [1.54, 1.807) is 0 Å². The van der Waals surface area contributed by atoms with Gasteiger partial charge in [0.25, 0.3) is 0 Å². The fourth-order valence-electron chi connectivity index (χ4n) is 3.80. The van der Waals surface area contributed by atoms with Gasteiger partial charge in [-0.05, 0) is 30.4 Å². The summed E-state index contributed by atoms with van der Waals surface area (Å²) < 4.78 is 44.2. The number of allylic oxidation sites excluding steroid dienone is 4. The second-order valence-electron chi connectivity index (χ2n) is 8.29. The van der Waals surface area contributed by atoms with Crippen LogP contribution in [0.2, 0.25) is 0 Å². The number of hydrogen-bond acceptors (Lipinski definition) is 3. The maximum Gasteiger partial charge on any atom is 0.199 e. The molecule has 3 rings (SSSR count). The third-order valence-electron chi connectivity index (χ3n) is 5.62. The average Bonchev–Trinajstić information content (AvgIpc) is 2.80. The highest BCUT2D eigenvalue weighted by Crippen LogP contribution is 2.34. The van der Waals surface area contributed by atoms with Crippen LogP contribution >= 0.6 is 0 Å². The summed E-state index contributed by atoms with van der Waals surface area (Å²) in [5.74, 6) is -1.37.